The lowest BCUT2D eigenvalue weighted by atomic mass is 10.2. The van der Waals surface area contributed by atoms with E-state index in [9.17, 15) is 0 Å². The van der Waals surface area contributed by atoms with Crippen molar-refractivity contribution in [3.05, 3.63) is 53.8 Å². The second-order valence-electron chi connectivity index (χ2n) is 5.49. The summed E-state index contributed by atoms with van der Waals surface area (Å²) < 4.78 is 2.05. The molecule has 0 bridgehead atoms. The van der Waals surface area contributed by atoms with Gasteiger partial charge in [0.2, 0.25) is 0 Å². The highest BCUT2D eigenvalue weighted by Gasteiger charge is 2.12. The van der Waals surface area contributed by atoms with Gasteiger partial charge in [0.05, 0.1) is 10.7 Å². The van der Waals surface area contributed by atoms with E-state index in [1.165, 1.54) is 5.69 Å². The normalized spacial score (nSPS) is 15.4. The second-order valence-corrected chi connectivity index (χ2v) is 5.90. The van der Waals surface area contributed by atoms with Gasteiger partial charge in [0.25, 0.3) is 0 Å². The molecule has 3 heterocycles. The number of pyridine rings is 1. The SMILES string of the molecule is Clc1ccccc1-c1cn2ccc(N3CCNCC3)cc2n1. The van der Waals surface area contributed by atoms with Crippen LogP contribution in [0.1, 0.15) is 0 Å². The van der Waals surface area contributed by atoms with Crippen LogP contribution in [0.3, 0.4) is 0 Å². The molecule has 1 fully saturated rings. The number of halogens is 1. The minimum atomic E-state index is 0.730. The number of nitrogens with one attached hydrogen (secondary N) is 1. The number of nitrogens with zero attached hydrogens (tertiary/aromatic N) is 3. The lowest BCUT2D eigenvalue weighted by molar-refractivity contribution is 0.589. The summed E-state index contributed by atoms with van der Waals surface area (Å²) in [6.45, 7) is 4.14. The average Bonchev–Trinajstić information content (AvgIpc) is 2.99. The molecule has 1 saturated heterocycles. The lowest BCUT2D eigenvalue weighted by Gasteiger charge is -2.29. The molecular weight excluding hydrogens is 296 g/mol. The Morgan fingerprint density at radius 2 is 1.91 bits per heavy atom. The molecule has 112 valence electrons. The maximum absolute atomic E-state index is 6.27. The molecule has 4 nitrogen and oxygen atoms in total. The Balaban J connectivity index is 1.73. The molecule has 0 atom stereocenters. The predicted octanol–water partition coefficient (Wildman–Crippen LogP) is 3.06. The Hall–Kier alpha value is -2.04. The molecule has 4 rings (SSSR count). The number of imidazole rings is 1. The largest absolute Gasteiger partial charge is 0.369 e. The van der Waals surface area contributed by atoms with Crippen molar-refractivity contribution in [2.24, 2.45) is 0 Å². The van der Waals surface area contributed by atoms with Crippen LogP contribution in [0.25, 0.3) is 16.9 Å². The lowest BCUT2D eigenvalue weighted by Crippen LogP contribution is -2.43. The fraction of sp³-hybridized carbons (Fsp3) is 0.235. The monoisotopic (exact) mass is 312 g/mol. The van der Waals surface area contributed by atoms with E-state index < -0.39 is 0 Å². The summed E-state index contributed by atoms with van der Waals surface area (Å²) in [6.07, 6.45) is 4.10. The summed E-state index contributed by atoms with van der Waals surface area (Å²) in [5.74, 6) is 0. The smallest absolute Gasteiger partial charge is 0.139 e. The third-order valence-corrected chi connectivity index (χ3v) is 4.41. The maximum Gasteiger partial charge on any atom is 0.139 e. The van der Waals surface area contributed by atoms with Crippen molar-refractivity contribution in [1.29, 1.82) is 0 Å². The highest BCUT2D eigenvalue weighted by atomic mass is 35.5. The average molecular weight is 313 g/mol. The molecule has 0 aliphatic carbocycles. The summed E-state index contributed by atoms with van der Waals surface area (Å²) in [7, 11) is 0. The third kappa shape index (κ3) is 2.45. The van der Waals surface area contributed by atoms with E-state index in [4.69, 9.17) is 16.6 Å². The van der Waals surface area contributed by atoms with Gasteiger partial charge in [0, 0.05) is 55.9 Å². The number of fused-ring (bicyclic) bond motifs is 1. The first kappa shape index (κ1) is 13.6. The van der Waals surface area contributed by atoms with Gasteiger partial charge in [0.1, 0.15) is 5.65 Å². The van der Waals surface area contributed by atoms with Gasteiger partial charge >= 0.3 is 0 Å². The molecule has 0 spiro atoms. The van der Waals surface area contributed by atoms with Crippen LogP contribution in [-0.4, -0.2) is 35.6 Å². The van der Waals surface area contributed by atoms with Crippen LogP contribution in [0.4, 0.5) is 5.69 Å². The molecule has 2 aromatic heterocycles. The molecule has 3 aromatic rings. The van der Waals surface area contributed by atoms with Crippen molar-refractivity contribution in [3.8, 4) is 11.3 Å². The molecule has 0 radical (unpaired) electrons. The van der Waals surface area contributed by atoms with Crippen LogP contribution in [0.2, 0.25) is 5.02 Å². The van der Waals surface area contributed by atoms with Crippen molar-refractivity contribution in [2.75, 3.05) is 31.1 Å². The zero-order chi connectivity index (χ0) is 14.9. The molecule has 1 aliphatic heterocycles. The highest BCUT2D eigenvalue weighted by molar-refractivity contribution is 6.33. The molecular formula is C17H17ClN4. The summed E-state index contributed by atoms with van der Waals surface area (Å²) in [5, 5.41) is 4.11. The van der Waals surface area contributed by atoms with Crippen LogP contribution in [-0.2, 0) is 0 Å². The first-order valence-electron chi connectivity index (χ1n) is 7.50. The highest BCUT2D eigenvalue weighted by Crippen LogP contribution is 2.28. The van der Waals surface area contributed by atoms with Crippen molar-refractivity contribution in [3.63, 3.8) is 0 Å². The van der Waals surface area contributed by atoms with Crippen LogP contribution < -0.4 is 10.2 Å². The van der Waals surface area contributed by atoms with Gasteiger partial charge in [-0.2, -0.15) is 0 Å². The van der Waals surface area contributed by atoms with Crippen molar-refractivity contribution < 1.29 is 0 Å². The van der Waals surface area contributed by atoms with Crippen LogP contribution in [0.15, 0.2) is 48.8 Å². The quantitative estimate of drug-likeness (QED) is 0.789. The molecule has 1 N–H and O–H groups in total. The number of aromatic nitrogens is 2. The van der Waals surface area contributed by atoms with Gasteiger partial charge in [-0.3, -0.25) is 0 Å². The van der Waals surface area contributed by atoms with Crippen molar-refractivity contribution >= 4 is 22.9 Å². The second kappa shape index (κ2) is 5.63. The van der Waals surface area contributed by atoms with E-state index in [1.54, 1.807) is 0 Å². The minimum Gasteiger partial charge on any atom is -0.369 e. The number of hydrogen-bond donors (Lipinski definition) is 1. The summed E-state index contributed by atoms with van der Waals surface area (Å²) in [6, 6.07) is 12.1. The van der Waals surface area contributed by atoms with Gasteiger partial charge in [-0.25, -0.2) is 4.98 Å². The van der Waals surface area contributed by atoms with E-state index in [0.29, 0.717) is 0 Å². The summed E-state index contributed by atoms with van der Waals surface area (Å²) in [4.78, 5) is 7.12. The molecule has 22 heavy (non-hydrogen) atoms. The van der Waals surface area contributed by atoms with Crippen LogP contribution >= 0.6 is 11.6 Å². The molecule has 5 heteroatoms. The van der Waals surface area contributed by atoms with Gasteiger partial charge < -0.3 is 14.6 Å². The number of rotatable bonds is 2. The summed E-state index contributed by atoms with van der Waals surface area (Å²) in [5.41, 5.74) is 4.05. The van der Waals surface area contributed by atoms with Gasteiger partial charge in [-0.1, -0.05) is 29.8 Å². The third-order valence-electron chi connectivity index (χ3n) is 4.08. The fourth-order valence-corrected chi connectivity index (χ4v) is 3.12. The van der Waals surface area contributed by atoms with E-state index in [-0.39, 0.29) is 0 Å². The molecule has 1 aromatic carbocycles. The molecule has 1 aliphatic rings. The maximum atomic E-state index is 6.27. The summed E-state index contributed by atoms with van der Waals surface area (Å²) >= 11 is 6.27. The Kier molecular flexibility index (Phi) is 3.48. The Morgan fingerprint density at radius 1 is 1.09 bits per heavy atom. The van der Waals surface area contributed by atoms with Crippen molar-refractivity contribution in [1.82, 2.24) is 14.7 Å². The van der Waals surface area contributed by atoms with E-state index in [0.717, 1.165) is 48.1 Å². The number of hydrogen-bond acceptors (Lipinski definition) is 3. The predicted molar refractivity (Wildman–Crippen MR) is 90.7 cm³/mol. The number of benzene rings is 1. The minimum absolute atomic E-state index is 0.730. The zero-order valence-corrected chi connectivity index (χ0v) is 12.9. The van der Waals surface area contributed by atoms with Crippen LogP contribution in [0, 0.1) is 0 Å². The molecule has 0 saturated carbocycles. The standard InChI is InChI=1S/C17H17ClN4/c18-15-4-2-1-3-14(15)16-12-22-8-5-13(11-17(22)20-16)21-9-6-19-7-10-21/h1-5,8,11-12,19H,6-7,9-10H2. The first-order valence-corrected chi connectivity index (χ1v) is 7.88. The molecule has 0 amide bonds. The van der Waals surface area contributed by atoms with Gasteiger partial charge in [-0.05, 0) is 12.1 Å². The number of anilines is 1. The van der Waals surface area contributed by atoms with Crippen LogP contribution in [0.5, 0.6) is 0 Å². The fourth-order valence-electron chi connectivity index (χ4n) is 2.89. The Labute approximate surface area is 134 Å². The van der Waals surface area contributed by atoms with Crippen molar-refractivity contribution in [2.45, 2.75) is 0 Å². The first-order chi connectivity index (χ1) is 10.8. The van der Waals surface area contributed by atoms with E-state index in [1.807, 2.05) is 34.9 Å². The van der Waals surface area contributed by atoms with Gasteiger partial charge in [-0.15, -0.1) is 0 Å². The van der Waals surface area contributed by atoms with E-state index in [2.05, 4.69) is 28.5 Å². The van der Waals surface area contributed by atoms with Gasteiger partial charge in [0.15, 0.2) is 0 Å². The number of piperazine rings is 1. The molecule has 0 unspecified atom stereocenters. The van der Waals surface area contributed by atoms with E-state index >= 15 is 0 Å². The Morgan fingerprint density at radius 3 is 2.73 bits per heavy atom. The Bertz CT molecular complexity index is 805. The topological polar surface area (TPSA) is 32.6 Å². The zero-order valence-electron chi connectivity index (χ0n) is 12.2.